The third kappa shape index (κ3) is 28.1. The van der Waals surface area contributed by atoms with Crippen molar-refractivity contribution in [3.63, 3.8) is 0 Å². The van der Waals surface area contributed by atoms with Gasteiger partial charge < -0.3 is 39.4 Å². The van der Waals surface area contributed by atoms with Gasteiger partial charge in [0, 0.05) is 12.8 Å². The van der Waals surface area contributed by atoms with E-state index in [4.69, 9.17) is 18.9 Å². The number of hydrogen-bond donors (Lipinski definition) is 4. The molecule has 56 heavy (non-hydrogen) atoms. The molecule has 1 heterocycles. The van der Waals surface area contributed by atoms with Crippen LogP contribution in [0.4, 0.5) is 0 Å². The van der Waals surface area contributed by atoms with Gasteiger partial charge in [-0.1, -0.05) is 159 Å². The SMILES string of the molecule is CC/C=C/C/C=C/C/C=C/C/C=C/CCCCC(=O)O[C@@H](COC(=O)CCCCCCCCCCCCCCCCCC)CO[C@H]1O[C@@H](CO)[C@@H](O)C(O)C1O. The van der Waals surface area contributed by atoms with Crippen LogP contribution in [0.25, 0.3) is 0 Å². The predicted molar refractivity (Wildman–Crippen MR) is 224 cm³/mol. The van der Waals surface area contributed by atoms with Crippen LogP contribution >= 0.6 is 0 Å². The van der Waals surface area contributed by atoms with Crippen LogP contribution in [0.2, 0.25) is 0 Å². The second-order valence-electron chi connectivity index (χ2n) is 15.1. The monoisotopic (exact) mass is 793 g/mol. The Kier molecular flexibility index (Phi) is 34.1. The number of ether oxygens (including phenoxy) is 4. The van der Waals surface area contributed by atoms with Crippen LogP contribution in [0, 0.1) is 0 Å². The van der Waals surface area contributed by atoms with E-state index in [2.05, 4.69) is 62.5 Å². The highest BCUT2D eigenvalue weighted by atomic mass is 16.7. The van der Waals surface area contributed by atoms with Crippen molar-refractivity contribution >= 4 is 11.9 Å². The number of allylic oxidation sites excluding steroid dienone is 8. The molecule has 0 radical (unpaired) electrons. The minimum Gasteiger partial charge on any atom is -0.462 e. The molecule has 1 aliphatic heterocycles. The van der Waals surface area contributed by atoms with E-state index in [1.165, 1.54) is 83.5 Å². The molecule has 0 aromatic rings. The molecule has 1 rings (SSSR count). The first-order valence-electron chi connectivity index (χ1n) is 22.2. The molecule has 4 N–H and O–H groups in total. The molecular weight excluding hydrogens is 712 g/mol. The number of unbranched alkanes of at least 4 members (excludes halogenated alkanes) is 17. The third-order valence-corrected chi connectivity index (χ3v) is 9.98. The van der Waals surface area contributed by atoms with E-state index in [0.29, 0.717) is 6.42 Å². The van der Waals surface area contributed by atoms with E-state index in [1.54, 1.807) is 0 Å². The van der Waals surface area contributed by atoms with Gasteiger partial charge in [-0.05, 0) is 51.4 Å². The molecule has 0 amide bonds. The molecule has 0 bridgehead atoms. The van der Waals surface area contributed by atoms with Crippen LogP contribution in [-0.4, -0.2) is 89.0 Å². The number of esters is 2. The zero-order valence-electron chi connectivity index (χ0n) is 35.1. The Labute approximate surface area is 339 Å². The summed E-state index contributed by atoms with van der Waals surface area (Å²) in [5.74, 6) is -0.853. The van der Waals surface area contributed by atoms with E-state index >= 15 is 0 Å². The highest BCUT2D eigenvalue weighted by Gasteiger charge is 2.44. The molecule has 10 nitrogen and oxygen atoms in total. The zero-order valence-corrected chi connectivity index (χ0v) is 35.1. The maximum atomic E-state index is 12.7. The van der Waals surface area contributed by atoms with Crippen LogP contribution in [0.5, 0.6) is 0 Å². The van der Waals surface area contributed by atoms with Gasteiger partial charge in [0.25, 0.3) is 0 Å². The Balaban J connectivity index is 2.36. The third-order valence-electron chi connectivity index (χ3n) is 9.98. The summed E-state index contributed by atoms with van der Waals surface area (Å²) >= 11 is 0. The van der Waals surface area contributed by atoms with Crippen LogP contribution in [0.3, 0.4) is 0 Å². The highest BCUT2D eigenvalue weighted by Crippen LogP contribution is 2.22. The molecule has 0 aromatic heterocycles. The number of carbonyl (C=O) groups is 2. The summed E-state index contributed by atoms with van der Waals surface area (Å²) in [6.45, 7) is 3.27. The Morgan fingerprint density at radius 3 is 1.59 bits per heavy atom. The summed E-state index contributed by atoms with van der Waals surface area (Å²) in [7, 11) is 0. The van der Waals surface area contributed by atoms with Crippen molar-refractivity contribution in [3.05, 3.63) is 48.6 Å². The van der Waals surface area contributed by atoms with E-state index in [0.717, 1.165) is 57.8 Å². The minimum absolute atomic E-state index is 0.178. The fourth-order valence-electron chi connectivity index (χ4n) is 6.47. The molecule has 1 aliphatic rings. The second-order valence-corrected chi connectivity index (χ2v) is 15.1. The molecule has 2 unspecified atom stereocenters. The molecule has 6 atom stereocenters. The van der Waals surface area contributed by atoms with Gasteiger partial charge >= 0.3 is 11.9 Å². The van der Waals surface area contributed by atoms with E-state index < -0.39 is 49.4 Å². The fourth-order valence-corrected chi connectivity index (χ4v) is 6.47. The fraction of sp³-hybridized carbons (Fsp3) is 0.783. The first-order chi connectivity index (χ1) is 27.3. The van der Waals surface area contributed by atoms with Crippen molar-refractivity contribution in [2.75, 3.05) is 19.8 Å². The van der Waals surface area contributed by atoms with E-state index in [1.807, 2.05) is 0 Å². The number of carbonyl (C=O) groups excluding carboxylic acids is 2. The number of hydrogen-bond acceptors (Lipinski definition) is 10. The molecule has 10 heteroatoms. The Hall–Kier alpha value is -2.34. The average molecular weight is 793 g/mol. The van der Waals surface area contributed by atoms with Crippen LogP contribution in [0.1, 0.15) is 174 Å². The zero-order chi connectivity index (χ0) is 40.9. The Morgan fingerprint density at radius 1 is 0.571 bits per heavy atom. The van der Waals surface area contributed by atoms with Crippen molar-refractivity contribution in [1.82, 2.24) is 0 Å². The summed E-state index contributed by atoms with van der Waals surface area (Å²) in [5, 5.41) is 40.0. The molecule has 1 fully saturated rings. The molecule has 0 aromatic carbocycles. The van der Waals surface area contributed by atoms with Gasteiger partial charge in [0.15, 0.2) is 12.4 Å². The minimum atomic E-state index is -1.60. The molecular formula is C46H80O10. The number of rotatable bonds is 36. The van der Waals surface area contributed by atoms with E-state index in [-0.39, 0.29) is 32.0 Å². The molecule has 0 aliphatic carbocycles. The first-order valence-corrected chi connectivity index (χ1v) is 22.2. The topological polar surface area (TPSA) is 152 Å². The maximum Gasteiger partial charge on any atom is 0.306 e. The van der Waals surface area contributed by atoms with Gasteiger partial charge in [-0.15, -0.1) is 0 Å². The second kappa shape index (κ2) is 37.0. The Bertz CT molecular complexity index is 1050. The summed E-state index contributed by atoms with van der Waals surface area (Å²) < 4.78 is 22.1. The molecule has 0 spiro atoms. The van der Waals surface area contributed by atoms with Gasteiger partial charge in [0.1, 0.15) is 31.0 Å². The predicted octanol–water partition coefficient (Wildman–Crippen LogP) is 9.27. The van der Waals surface area contributed by atoms with Crippen LogP contribution in [0.15, 0.2) is 48.6 Å². The lowest BCUT2D eigenvalue weighted by atomic mass is 9.99. The lowest BCUT2D eigenvalue weighted by Crippen LogP contribution is -2.59. The molecule has 0 saturated carbocycles. The Morgan fingerprint density at radius 2 is 1.05 bits per heavy atom. The van der Waals surface area contributed by atoms with Crippen molar-refractivity contribution in [2.24, 2.45) is 0 Å². The van der Waals surface area contributed by atoms with Crippen LogP contribution < -0.4 is 0 Å². The summed E-state index contributed by atoms with van der Waals surface area (Å²) in [5.41, 5.74) is 0. The van der Waals surface area contributed by atoms with Crippen molar-refractivity contribution < 1.29 is 49.0 Å². The quantitative estimate of drug-likeness (QED) is 0.0275. The summed E-state index contributed by atoms with van der Waals surface area (Å²) in [4.78, 5) is 25.3. The average Bonchev–Trinajstić information content (AvgIpc) is 3.19. The summed E-state index contributed by atoms with van der Waals surface area (Å²) in [6.07, 6.45) is 35.5. The largest absolute Gasteiger partial charge is 0.462 e. The van der Waals surface area contributed by atoms with Gasteiger partial charge in [-0.2, -0.15) is 0 Å². The highest BCUT2D eigenvalue weighted by molar-refractivity contribution is 5.70. The van der Waals surface area contributed by atoms with E-state index in [9.17, 15) is 30.0 Å². The van der Waals surface area contributed by atoms with Crippen molar-refractivity contribution in [3.8, 4) is 0 Å². The smallest absolute Gasteiger partial charge is 0.306 e. The lowest BCUT2D eigenvalue weighted by molar-refractivity contribution is -0.305. The van der Waals surface area contributed by atoms with Gasteiger partial charge in [-0.3, -0.25) is 9.59 Å². The lowest BCUT2D eigenvalue weighted by Gasteiger charge is -2.39. The first kappa shape index (κ1) is 51.7. The maximum absolute atomic E-state index is 12.7. The van der Waals surface area contributed by atoms with Gasteiger partial charge in [0.05, 0.1) is 13.2 Å². The van der Waals surface area contributed by atoms with Crippen molar-refractivity contribution in [2.45, 2.75) is 211 Å². The molecule has 324 valence electrons. The normalized spacial score (nSPS) is 20.9. The number of aliphatic hydroxyl groups excluding tert-OH is 4. The van der Waals surface area contributed by atoms with Crippen LogP contribution in [-0.2, 0) is 28.5 Å². The van der Waals surface area contributed by atoms with Gasteiger partial charge in [0.2, 0.25) is 0 Å². The summed E-state index contributed by atoms with van der Waals surface area (Å²) in [6, 6.07) is 0. The van der Waals surface area contributed by atoms with Crippen molar-refractivity contribution in [1.29, 1.82) is 0 Å². The van der Waals surface area contributed by atoms with Gasteiger partial charge in [-0.25, -0.2) is 0 Å². The standard InChI is InChI=1S/C46H80O10/c1-3-5-7-9-11-13-15-17-19-21-22-24-26-28-30-32-34-41(48)53-37-39(38-54-46-45(52)44(51)43(50)40(36-47)56-46)55-42(49)35-33-31-29-27-25-23-20-18-16-14-12-10-8-6-4-2/h6,8,12,14,18,20,25,27,39-40,43-47,50-52H,3-5,7,9-11,13,15-17,19,21-24,26,28-38H2,1-2H3/b8-6+,14-12+,20-18+,27-25+/t39-,40-,43+,44?,45?,46-/m0/s1. The number of aliphatic hydroxyl groups is 4. The molecule has 1 saturated heterocycles.